The summed E-state index contributed by atoms with van der Waals surface area (Å²) < 4.78 is 5.18. The highest BCUT2D eigenvalue weighted by Gasteiger charge is 2.16. The van der Waals surface area contributed by atoms with Crippen LogP contribution in [0.1, 0.15) is 30.8 Å². The molecule has 0 radical (unpaired) electrons. The van der Waals surface area contributed by atoms with Gasteiger partial charge >= 0.3 is 0 Å². The third-order valence-electron chi connectivity index (χ3n) is 2.64. The highest BCUT2D eigenvalue weighted by Crippen LogP contribution is 2.29. The standard InChI is InChI=1S/C12H14ClN3O/c1-3-9(14)11-15-12(17-16-11)8-6-4-5-7(2)10(8)13/h4-6,9H,3,14H2,1-2H3. The molecule has 5 heteroatoms. The van der Waals surface area contributed by atoms with Gasteiger partial charge < -0.3 is 10.3 Å². The zero-order valence-electron chi connectivity index (χ0n) is 9.77. The van der Waals surface area contributed by atoms with Gasteiger partial charge in [0.1, 0.15) is 0 Å². The minimum Gasteiger partial charge on any atom is -0.334 e. The molecule has 1 unspecified atom stereocenters. The van der Waals surface area contributed by atoms with Gasteiger partial charge in [-0.2, -0.15) is 4.98 Å². The molecule has 90 valence electrons. The van der Waals surface area contributed by atoms with Crippen LogP contribution in [0.15, 0.2) is 22.7 Å². The monoisotopic (exact) mass is 251 g/mol. The minimum absolute atomic E-state index is 0.198. The van der Waals surface area contributed by atoms with Crippen LogP contribution in [0.25, 0.3) is 11.5 Å². The first-order valence-electron chi connectivity index (χ1n) is 5.48. The molecule has 0 bridgehead atoms. The van der Waals surface area contributed by atoms with Gasteiger partial charge in [0, 0.05) is 0 Å². The van der Waals surface area contributed by atoms with Crippen molar-refractivity contribution in [1.29, 1.82) is 0 Å². The molecule has 0 saturated heterocycles. The van der Waals surface area contributed by atoms with Crippen molar-refractivity contribution in [2.75, 3.05) is 0 Å². The fourth-order valence-electron chi connectivity index (χ4n) is 1.49. The van der Waals surface area contributed by atoms with Gasteiger partial charge in [0.2, 0.25) is 0 Å². The van der Waals surface area contributed by atoms with Crippen molar-refractivity contribution in [1.82, 2.24) is 10.1 Å². The second-order valence-electron chi connectivity index (χ2n) is 3.91. The lowest BCUT2D eigenvalue weighted by atomic mass is 10.1. The largest absolute Gasteiger partial charge is 0.334 e. The van der Waals surface area contributed by atoms with Crippen LogP contribution in [-0.4, -0.2) is 10.1 Å². The van der Waals surface area contributed by atoms with E-state index in [0.29, 0.717) is 16.7 Å². The summed E-state index contributed by atoms with van der Waals surface area (Å²) in [6.45, 7) is 3.90. The van der Waals surface area contributed by atoms with Crippen molar-refractivity contribution >= 4 is 11.6 Å². The Kier molecular flexibility index (Phi) is 3.45. The van der Waals surface area contributed by atoms with E-state index in [0.717, 1.165) is 17.5 Å². The summed E-state index contributed by atoms with van der Waals surface area (Å²) in [7, 11) is 0. The maximum atomic E-state index is 6.19. The zero-order chi connectivity index (χ0) is 12.4. The van der Waals surface area contributed by atoms with Crippen LogP contribution in [0.3, 0.4) is 0 Å². The van der Waals surface area contributed by atoms with E-state index in [-0.39, 0.29) is 6.04 Å². The SMILES string of the molecule is CCC(N)c1noc(-c2cccc(C)c2Cl)n1. The number of aryl methyl sites for hydroxylation is 1. The van der Waals surface area contributed by atoms with Crippen molar-refractivity contribution in [3.05, 3.63) is 34.6 Å². The zero-order valence-corrected chi connectivity index (χ0v) is 10.5. The molecule has 17 heavy (non-hydrogen) atoms. The van der Waals surface area contributed by atoms with E-state index in [4.69, 9.17) is 21.9 Å². The number of rotatable bonds is 3. The Labute approximate surface area is 105 Å². The quantitative estimate of drug-likeness (QED) is 0.910. The molecule has 1 heterocycles. The maximum absolute atomic E-state index is 6.19. The minimum atomic E-state index is -0.198. The van der Waals surface area contributed by atoms with Gasteiger partial charge in [0.25, 0.3) is 5.89 Å². The van der Waals surface area contributed by atoms with Gasteiger partial charge in [0.05, 0.1) is 16.6 Å². The fourth-order valence-corrected chi connectivity index (χ4v) is 1.70. The van der Waals surface area contributed by atoms with E-state index in [2.05, 4.69) is 10.1 Å². The average Bonchev–Trinajstić information content (AvgIpc) is 2.81. The Morgan fingerprint density at radius 2 is 2.24 bits per heavy atom. The number of aromatic nitrogens is 2. The van der Waals surface area contributed by atoms with Crippen LogP contribution >= 0.6 is 11.6 Å². The molecule has 1 atom stereocenters. The molecule has 0 amide bonds. The molecule has 4 nitrogen and oxygen atoms in total. The van der Waals surface area contributed by atoms with Crippen LogP contribution in [0.2, 0.25) is 5.02 Å². The Hall–Kier alpha value is -1.39. The van der Waals surface area contributed by atoms with Crippen molar-refractivity contribution < 1.29 is 4.52 Å². The normalized spacial score (nSPS) is 12.7. The van der Waals surface area contributed by atoms with Crippen molar-refractivity contribution in [3.8, 4) is 11.5 Å². The first-order valence-corrected chi connectivity index (χ1v) is 5.86. The molecule has 0 aliphatic carbocycles. The van der Waals surface area contributed by atoms with Crippen molar-refractivity contribution in [2.45, 2.75) is 26.3 Å². The predicted octanol–water partition coefficient (Wildman–Crippen LogP) is 3.11. The van der Waals surface area contributed by atoms with Gasteiger partial charge in [-0.25, -0.2) is 0 Å². The molecule has 2 rings (SSSR count). The molecular weight excluding hydrogens is 238 g/mol. The summed E-state index contributed by atoms with van der Waals surface area (Å²) in [4.78, 5) is 4.27. The summed E-state index contributed by atoms with van der Waals surface area (Å²) in [6.07, 6.45) is 0.764. The molecule has 0 aliphatic heterocycles. The molecular formula is C12H14ClN3O. The highest BCUT2D eigenvalue weighted by molar-refractivity contribution is 6.33. The lowest BCUT2D eigenvalue weighted by molar-refractivity contribution is 0.415. The van der Waals surface area contributed by atoms with Crippen molar-refractivity contribution in [2.24, 2.45) is 5.73 Å². The molecule has 2 N–H and O–H groups in total. The Morgan fingerprint density at radius 1 is 1.47 bits per heavy atom. The molecule has 1 aromatic carbocycles. The van der Waals surface area contributed by atoms with Gasteiger partial charge in [-0.3, -0.25) is 0 Å². The van der Waals surface area contributed by atoms with E-state index < -0.39 is 0 Å². The van der Waals surface area contributed by atoms with Gasteiger partial charge in [-0.15, -0.1) is 0 Å². The number of benzene rings is 1. The summed E-state index contributed by atoms with van der Waals surface area (Å²) in [5.74, 6) is 0.928. The Bertz CT molecular complexity index is 524. The Balaban J connectivity index is 2.40. The number of hydrogen-bond acceptors (Lipinski definition) is 4. The van der Waals surface area contributed by atoms with Gasteiger partial charge in [-0.1, -0.05) is 35.8 Å². The van der Waals surface area contributed by atoms with Crippen LogP contribution in [0, 0.1) is 6.92 Å². The number of hydrogen-bond donors (Lipinski definition) is 1. The van der Waals surface area contributed by atoms with E-state index in [9.17, 15) is 0 Å². The van der Waals surface area contributed by atoms with Crippen LogP contribution in [-0.2, 0) is 0 Å². The van der Waals surface area contributed by atoms with Gasteiger partial charge in [0.15, 0.2) is 5.82 Å². The third-order valence-corrected chi connectivity index (χ3v) is 3.14. The molecule has 0 aliphatic rings. The maximum Gasteiger partial charge on any atom is 0.259 e. The molecule has 0 saturated carbocycles. The van der Waals surface area contributed by atoms with E-state index in [1.54, 1.807) is 0 Å². The lowest BCUT2D eigenvalue weighted by Crippen LogP contribution is -2.10. The van der Waals surface area contributed by atoms with Crippen LogP contribution < -0.4 is 5.73 Å². The molecule has 2 aromatic rings. The second kappa shape index (κ2) is 4.85. The number of nitrogens with zero attached hydrogens (tertiary/aromatic N) is 2. The highest BCUT2D eigenvalue weighted by atomic mass is 35.5. The molecule has 1 aromatic heterocycles. The number of halogens is 1. The van der Waals surface area contributed by atoms with E-state index in [1.165, 1.54) is 0 Å². The first-order chi connectivity index (χ1) is 8.13. The van der Waals surface area contributed by atoms with E-state index in [1.807, 2.05) is 32.0 Å². The molecule has 0 spiro atoms. The lowest BCUT2D eigenvalue weighted by Gasteiger charge is -2.01. The predicted molar refractivity (Wildman–Crippen MR) is 66.7 cm³/mol. The summed E-state index contributed by atoms with van der Waals surface area (Å²) in [5.41, 5.74) is 7.56. The summed E-state index contributed by atoms with van der Waals surface area (Å²) in [5, 5.41) is 4.50. The fraction of sp³-hybridized carbons (Fsp3) is 0.333. The Morgan fingerprint density at radius 3 is 2.94 bits per heavy atom. The first kappa shape index (κ1) is 12.1. The van der Waals surface area contributed by atoms with E-state index >= 15 is 0 Å². The second-order valence-corrected chi connectivity index (χ2v) is 4.29. The third kappa shape index (κ3) is 2.33. The smallest absolute Gasteiger partial charge is 0.259 e. The average molecular weight is 252 g/mol. The summed E-state index contributed by atoms with van der Waals surface area (Å²) in [6, 6.07) is 5.49. The van der Waals surface area contributed by atoms with Crippen LogP contribution in [0.4, 0.5) is 0 Å². The van der Waals surface area contributed by atoms with Crippen molar-refractivity contribution in [3.63, 3.8) is 0 Å². The molecule has 0 fully saturated rings. The van der Waals surface area contributed by atoms with Crippen LogP contribution in [0.5, 0.6) is 0 Å². The topological polar surface area (TPSA) is 64.9 Å². The summed E-state index contributed by atoms with van der Waals surface area (Å²) >= 11 is 6.19. The van der Waals surface area contributed by atoms with Gasteiger partial charge in [-0.05, 0) is 25.0 Å². The number of nitrogens with two attached hydrogens (primary N) is 1.